The molecule has 0 radical (unpaired) electrons. The van der Waals surface area contributed by atoms with Gasteiger partial charge >= 0.3 is 5.69 Å². The van der Waals surface area contributed by atoms with Crippen LogP contribution in [0.15, 0.2) is 35.4 Å². The minimum Gasteiger partial charge on any atom is -0.340 e. The molecule has 3 aromatic heterocycles. The van der Waals surface area contributed by atoms with E-state index in [1.165, 1.54) is 30.6 Å². The molecular formula is C12H7N7O3. The zero-order valence-corrected chi connectivity index (χ0v) is 10.8. The number of benzene rings is 1. The van der Waals surface area contributed by atoms with E-state index < -0.39 is 10.6 Å². The third-order valence-electron chi connectivity index (χ3n) is 3.22. The van der Waals surface area contributed by atoms with Gasteiger partial charge in [-0.2, -0.15) is 4.52 Å². The number of nitrogens with zero attached hydrogens (tertiary/aromatic N) is 5. The largest absolute Gasteiger partial charge is 0.349 e. The van der Waals surface area contributed by atoms with Gasteiger partial charge in [0.15, 0.2) is 17.1 Å². The van der Waals surface area contributed by atoms with Crippen molar-refractivity contribution in [3.8, 4) is 11.4 Å². The van der Waals surface area contributed by atoms with E-state index in [2.05, 4.69) is 25.0 Å². The molecule has 4 aromatic rings. The zero-order valence-electron chi connectivity index (χ0n) is 10.8. The molecule has 0 amide bonds. The van der Waals surface area contributed by atoms with E-state index in [1.54, 1.807) is 0 Å². The van der Waals surface area contributed by atoms with Gasteiger partial charge in [-0.15, -0.1) is 5.10 Å². The fourth-order valence-corrected chi connectivity index (χ4v) is 2.18. The highest BCUT2D eigenvalue weighted by molar-refractivity contribution is 5.85. The Balaban J connectivity index is 1.94. The van der Waals surface area contributed by atoms with Crippen LogP contribution in [0.4, 0.5) is 5.69 Å². The number of aromatic amines is 2. The van der Waals surface area contributed by atoms with Crippen LogP contribution >= 0.6 is 0 Å². The van der Waals surface area contributed by atoms with Crippen molar-refractivity contribution >= 4 is 22.5 Å². The lowest BCUT2D eigenvalue weighted by Crippen LogP contribution is -2.17. The van der Waals surface area contributed by atoms with E-state index >= 15 is 0 Å². The second-order valence-corrected chi connectivity index (χ2v) is 4.53. The third-order valence-corrected chi connectivity index (χ3v) is 3.22. The first-order chi connectivity index (χ1) is 10.6. The summed E-state index contributed by atoms with van der Waals surface area (Å²) >= 11 is 0. The molecule has 10 heteroatoms. The SMILES string of the molecule is O=c1[nH]c2nc[nH]c2c2nc(-c3ccc([N+](=O)[O-])cc3)nn12. The number of fused-ring (bicyclic) bond motifs is 3. The number of rotatable bonds is 2. The number of hydrogen-bond acceptors (Lipinski definition) is 6. The van der Waals surface area contributed by atoms with Gasteiger partial charge in [0.25, 0.3) is 5.69 Å². The second kappa shape index (κ2) is 4.22. The maximum atomic E-state index is 11.9. The highest BCUT2D eigenvalue weighted by atomic mass is 16.6. The fraction of sp³-hybridized carbons (Fsp3) is 0. The van der Waals surface area contributed by atoms with Crippen LogP contribution in [0.3, 0.4) is 0 Å². The average molecular weight is 297 g/mol. The molecule has 0 aliphatic carbocycles. The van der Waals surface area contributed by atoms with E-state index in [1.807, 2.05) is 0 Å². The lowest BCUT2D eigenvalue weighted by Gasteiger charge is -1.94. The molecule has 1 aromatic carbocycles. The summed E-state index contributed by atoms with van der Waals surface area (Å²) in [7, 11) is 0. The minimum atomic E-state index is -0.486. The van der Waals surface area contributed by atoms with Crippen LogP contribution in [0.25, 0.3) is 28.2 Å². The molecule has 108 valence electrons. The number of hydrogen-bond donors (Lipinski definition) is 2. The topological polar surface area (TPSA) is 135 Å². The Kier molecular flexibility index (Phi) is 2.34. The summed E-state index contributed by atoms with van der Waals surface area (Å²) in [5, 5.41) is 14.8. The van der Waals surface area contributed by atoms with Crippen molar-refractivity contribution in [1.82, 2.24) is 29.5 Å². The summed E-state index contributed by atoms with van der Waals surface area (Å²) < 4.78 is 1.12. The van der Waals surface area contributed by atoms with Crippen LogP contribution in [-0.2, 0) is 0 Å². The molecule has 22 heavy (non-hydrogen) atoms. The predicted molar refractivity (Wildman–Crippen MR) is 75.3 cm³/mol. The standard InChI is InChI=1S/C12H7N7O3/c20-12-16-10-8(13-5-14-10)11-15-9(17-18(11)12)6-1-3-7(4-2-6)19(21)22/h1-5H,(H,13,14)(H,16,20). The van der Waals surface area contributed by atoms with Crippen LogP contribution < -0.4 is 5.69 Å². The van der Waals surface area contributed by atoms with Gasteiger partial charge in [0.05, 0.1) is 11.3 Å². The van der Waals surface area contributed by atoms with Gasteiger partial charge in [-0.3, -0.25) is 15.1 Å². The summed E-state index contributed by atoms with van der Waals surface area (Å²) in [5.74, 6) is 0.294. The molecule has 0 aliphatic heterocycles. The number of nitrogens with one attached hydrogen (secondary N) is 2. The molecule has 2 N–H and O–H groups in total. The van der Waals surface area contributed by atoms with Crippen molar-refractivity contribution in [3.05, 3.63) is 51.2 Å². The Morgan fingerprint density at radius 3 is 2.73 bits per heavy atom. The van der Waals surface area contributed by atoms with Crippen LogP contribution in [-0.4, -0.2) is 34.5 Å². The van der Waals surface area contributed by atoms with Gasteiger partial charge in [0.1, 0.15) is 5.52 Å². The van der Waals surface area contributed by atoms with E-state index in [-0.39, 0.29) is 5.69 Å². The van der Waals surface area contributed by atoms with Gasteiger partial charge in [0.2, 0.25) is 0 Å². The number of aromatic nitrogens is 6. The molecule has 0 atom stereocenters. The molecule has 0 spiro atoms. The molecule has 10 nitrogen and oxygen atoms in total. The van der Waals surface area contributed by atoms with Crippen molar-refractivity contribution in [2.45, 2.75) is 0 Å². The second-order valence-electron chi connectivity index (χ2n) is 4.53. The number of nitro groups is 1. The minimum absolute atomic E-state index is 0.0266. The zero-order chi connectivity index (χ0) is 15.3. The molecule has 0 fully saturated rings. The highest BCUT2D eigenvalue weighted by Crippen LogP contribution is 2.21. The van der Waals surface area contributed by atoms with Gasteiger partial charge < -0.3 is 4.98 Å². The van der Waals surface area contributed by atoms with Gasteiger partial charge in [-0.1, -0.05) is 0 Å². The molecule has 0 saturated heterocycles. The van der Waals surface area contributed by atoms with Crippen molar-refractivity contribution in [3.63, 3.8) is 0 Å². The van der Waals surface area contributed by atoms with E-state index in [0.29, 0.717) is 28.2 Å². The van der Waals surface area contributed by atoms with E-state index in [0.717, 1.165) is 4.52 Å². The first kappa shape index (κ1) is 12.2. The first-order valence-corrected chi connectivity index (χ1v) is 6.20. The van der Waals surface area contributed by atoms with Crippen molar-refractivity contribution in [2.24, 2.45) is 0 Å². The maximum Gasteiger partial charge on any atom is 0.349 e. The molecule has 4 rings (SSSR count). The lowest BCUT2D eigenvalue weighted by molar-refractivity contribution is -0.384. The van der Waals surface area contributed by atoms with Gasteiger partial charge in [-0.05, 0) is 12.1 Å². The van der Waals surface area contributed by atoms with Crippen molar-refractivity contribution < 1.29 is 4.92 Å². The predicted octanol–water partition coefficient (Wildman–Crippen LogP) is 0.869. The quantitative estimate of drug-likeness (QED) is 0.416. The summed E-state index contributed by atoms with van der Waals surface area (Å²) in [5.41, 5.74) is 1.36. The Morgan fingerprint density at radius 1 is 1.23 bits per heavy atom. The average Bonchev–Trinajstić information content (AvgIpc) is 3.13. The molecule has 0 aliphatic rings. The Labute approximate surface area is 120 Å². The van der Waals surface area contributed by atoms with E-state index in [9.17, 15) is 14.9 Å². The Bertz CT molecular complexity index is 1070. The Morgan fingerprint density at radius 2 is 2.00 bits per heavy atom. The van der Waals surface area contributed by atoms with Crippen molar-refractivity contribution in [2.75, 3.05) is 0 Å². The number of nitro benzene ring substituents is 1. The maximum absolute atomic E-state index is 11.9. The summed E-state index contributed by atoms with van der Waals surface area (Å²) in [4.78, 5) is 35.9. The van der Waals surface area contributed by atoms with Gasteiger partial charge in [-0.25, -0.2) is 14.8 Å². The normalized spacial score (nSPS) is 11.3. The first-order valence-electron chi connectivity index (χ1n) is 6.20. The molecule has 3 heterocycles. The van der Waals surface area contributed by atoms with Crippen LogP contribution in [0.2, 0.25) is 0 Å². The number of H-pyrrole nitrogens is 2. The molecule has 0 bridgehead atoms. The van der Waals surface area contributed by atoms with E-state index in [4.69, 9.17) is 0 Å². The summed E-state index contributed by atoms with van der Waals surface area (Å²) in [6.45, 7) is 0. The Hall–Kier alpha value is -3.56. The summed E-state index contributed by atoms with van der Waals surface area (Å²) in [6.07, 6.45) is 1.45. The fourth-order valence-electron chi connectivity index (χ4n) is 2.18. The lowest BCUT2D eigenvalue weighted by atomic mass is 10.2. The molecular weight excluding hydrogens is 290 g/mol. The van der Waals surface area contributed by atoms with Crippen LogP contribution in [0.1, 0.15) is 0 Å². The number of non-ortho nitro benzene ring substituents is 1. The number of imidazole rings is 1. The van der Waals surface area contributed by atoms with Crippen LogP contribution in [0, 0.1) is 10.1 Å². The van der Waals surface area contributed by atoms with Crippen molar-refractivity contribution in [1.29, 1.82) is 0 Å². The summed E-state index contributed by atoms with van der Waals surface area (Å²) in [6, 6.07) is 5.78. The van der Waals surface area contributed by atoms with Crippen LogP contribution in [0.5, 0.6) is 0 Å². The highest BCUT2D eigenvalue weighted by Gasteiger charge is 2.14. The molecule has 0 unspecified atom stereocenters. The third kappa shape index (κ3) is 1.67. The monoisotopic (exact) mass is 297 g/mol. The smallest absolute Gasteiger partial charge is 0.340 e. The molecule has 0 saturated carbocycles. The van der Waals surface area contributed by atoms with Gasteiger partial charge in [0, 0.05) is 17.7 Å².